The molecule has 3 atom stereocenters. The van der Waals surface area contributed by atoms with Crippen LogP contribution in [0.5, 0.6) is 0 Å². The Labute approximate surface area is 133 Å². The smallest absolute Gasteiger partial charge is 0.246 e. The van der Waals surface area contributed by atoms with Crippen molar-refractivity contribution in [2.45, 2.75) is 43.9 Å². The van der Waals surface area contributed by atoms with E-state index in [1.54, 1.807) is 16.2 Å². The number of ether oxygens (including phenoxy) is 1. The van der Waals surface area contributed by atoms with Crippen molar-refractivity contribution in [1.82, 2.24) is 10.2 Å². The summed E-state index contributed by atoms with van der Waals surface area (Å²) in [4.78, 5) is 27.9. The Balaban J connectivity index is 1.43. The quantitative estimate of drug-likeness (QED) is 0.886. The Morgan fingerprint density at radius 3 is 2.91 bits per heavy atom. The van der Waals surface area contributed by atoms with E-state index < -0.39 is 12.1 Å². The van der Waals surface area contributed by atoms with Crippen LogP contribution in [0.3, 0.4) is 0 Å². The lowest BCUT2D eigenvalue weighted by molar-refractivity contribution is -0.150. The van der Waals surface area contributed by atoms with E-state index >= 15 is 0 Å². The maximum absolute atomic E-state index is 12.6. The minimum atomic E-state index is -0.426. The summed E-state index contributed by atoms with van der Waals surface area (Å²) in [5.74, 6) is 0.651. The zero-order valence-electron chi connectivity index (χ0n) is 12.4. The summed E-state index contributed by atoms with van der Waals surface area (Å²) < 4.78 is 5.90. The predicted octanol–water partition coefficient (Wildman–Crippen LogP) is 1.19. The van der Waals surface area contributed by atoms with Gasteiger partial charge in [0.05, 0.1) is 6.10 Å². The van der Waals surface area contributed by atoms with Crippen LogP contribution in [-0.4, -0.2) is 48.1 Å². The van der Waals surface area contributed by atoms with Crippen LogP contribution in [0, 0.1) is 5.92 Å². The third-order valence-electron chi connectivity index (χ3n) is 4.74. The van der Waals surface area contributed by atoms with Gasteiger partial charge in [-0.25, -0.2) is 0 Å². The highest BCUT2D eigenvalue weighted by Gasteiger charge is 2.49. The molecular formula is C16H20N2O3S. The zero-order chi connectivity index (χ0) is 15.1. The second-order valence-corrected chi connectivity index (χ2v) is 7.46. The fourth-order valence-corrected chi connectivity index (χ4v) is 4.08. The maximum Gasteiger partial charge on any atom is 0.246 e. The molecule has 2 saturated heterocycles. The molecule has 0 radical (unpaired) electrons. The molecule has 6 heteroatoms. The summed E-state index contributed by atoms with van der Waals surface area (Å²) >= 11 is 1.62. The molecule has 0 spiro atoms. The van der Waals surface area contributed by atoms with Crippen molar-refractivity contribution in [3.05, 3.63) is 22.4 Å². The Morgan fingerprint density at radius 2 is 2.18 bits per heavy atom. The molecule has 1 N–H and O–H groups in total. The molecule has 5 nitrogen and oxygen atoms in total. The summed E-state index contributed by atoms with van der Waals surface area (Å²) in [6, 6.07) is 3.12. The van der Waals surface area contributed by atoms with E-state index in [2.05, 4.69) is 5.32 Å². The first-order valence-electron chi connectivity index (χ1n) is 7.97. The number of nitrogens with zero attached hydrogens (tertiary/aromatic N) is 1. The van der Waals surface area contributed by atoms with Crippen molar-refractivity contribution >= 4 is 23.2 Å². The van der Waals surface area contributed by atoms with Crippen LogP contribution < -0.4 is 5.32 Å². The molecule has 2 amide bonds. The van der Waals surface area contributed by atoms with Gasteiger partial charge in [0, 0.05) is 24.4 Å². The standard InChI is InChI=1S/C16H20N2O3S/c19-15-14-13(21-9-10-3-4-10)5-6-18(14)16(20)12(17-15)8-11-2-1-7-22-11/h1-2,7,10,12-14H,3-6,8-9H2,(H,17,19). The lowest BCUT2D eigenvalue weighted by Crippen LogP contribution is -2.64. The van der Waals surface area contributed by atoms with Crippen LogP contribution >= 0.6 is 11.3 Å². The molecule has 22 heavy (non-hydrogen) atoms. The molecule has 1 aromatic heterocycles. The van der Waals surface area contributed by atoms with Gasteiger partial charge in [-0.1, -0.05) is 6.07 Å². The normalized spacial score (nSPS) is 31.3. The topological polar surface area (TPSA) is 58.6 Å². The van der Waals surface area contributed by atoms with Gasteiger partial charge in [-0.2, -0.15) is 0 Å². The van der Waals surface area contributed by atoms with Crippen LogP contribution in [0.2, 0.25) is 0 Å². The van der Waals surface area contributed by atoms with Crippen molar-refractivity contribution in [3.63, 3.8) is 0 Å². The van der Waals surface area contributed by atoms with E-state index in [0.717, 1.165) is 17.9 Å². The number of carbonyl (C=O) groups excluding carboxylic acids is 2. The van der Waals surface area contributed by atoms with E-state index in [1.807, 2.05) is 17.5 Å². The fraction of sp³-hybridized carbons (Fsp3) is 0.625. The predicted molar refractivity (Wildman–Crippen MR) is 82.5 cm³/mol. The fourth-order valence-electron chi connectivity index (χ4n) is 3.33. The number of fused-ring (bicyclic) bond motifs is 1. The minimum Gasteiger partial charge on any atom is -0.375 e. The zero-order valence-corrected chi connectivity index (χ0v) is 13.2. The van der Waals surface area contributed by atoms with Gasteiger partial charge >= 0.3 is 0 Å². The van der Waals surface area contributed by atoms with Gasteiger partial charge < -0.3 is 15.0 Å². The summed E-state index contributed by atoms with van der Waals surface area (Å²) in [7, 11) is 0. The second kappa shape index (κ2) is 5.66. The summed E-state index contributed by atoms with van der Waals surface area (Å²) in [5, 5.41) is 4.90. The van der Waals surface area contributed by atoms with Crippen LogP contribution in [0.15, 0.2) is 17.5 Å². The number of amides is 2. The summed E-state index contributed by atoms with van der Waals surface area (Å²) in [6.45, 7) is 1.36. The van der Waals surface area contributed by atoms with E-state index in [0.29, 0.717) is 18.9 Å². The number of rotatable bonds is 5. The molecule has 3 aliphatic rings. The third-order valence-corrected chi connectivity index (χ3v) is 5.64. The Kier molecular flexibility index (Phi) is 3.66. The highest BCUT2D eigenvalue weighted by molar-refractivity contribution is 7.09. The van der Waals surface area contributed by atoms with E-state index in [4.69, 9.17) is 4.74 Å². The average Bonchev–Trinajstić information content (AvgIpc) is 3.01. The minimum absolute atomic E-state index is 0.0375. The molecule has 3 fully saturated rings. The number of nitrogens with one attached hydrogen (secondary N) is 1. The summed E-state index contributed by atoms with van der Waals surface area (Å²) in [5.41, 5.74) is 0. The number of hydrogen-bond donors (Lipinski definition) is 1. The molecule has 0 bridgehead atoms. The van der Waals surface area contributed by atoms with E-state index in [1.165, 1.54) is 12.8 Å². The van der Waals surface area contributed by atoms with Gasteiger partial charge in [0.1, 0.15) is 12.1 Å². The SMILES string of the molecule is O=C1NC(Cc2cccs2)C(=O)N2CCC(OCC3CC3)C12. The highest BCUT2D eigenvalue weighted by Crippen LogP contribution is 2.32. The summed E-state index contributed by atoms with van der Waals surface area (Å²) in [6.07, 6.45) is 3.68. The van der Waals surface area contributed by atoms with E-state index in [-0.39, 0.29) is 17.9 Å². The molecule has 3 heterocycles. The van der Waals surface area contributed by atoms with Crippen molar-refractivity contribution in [1.29, 1.82) is 0 Å². The molecule has 0 aromatic carbocycles. The molecule has 118 valence electrons. The highest BCUT2D eigenvalue weighted by atomic mass is 32.1. The first-order chi connectivity index (χ1) is 10.7. The van der Waals surface area contributed by atoms with Crippen molar-refractivity contribution in [2.75, 3.05) is 13.2 Å². The molecule has 2 aliphatic heterocycles. The van der Waals surface area contributed by atoms with Gasteiger partial charge in [-0.15, -0.1) is 11.3 Å². The molecule has 3 unspecified atom stereocenters. The first kappa shape index (κ1) is 14.2. The average molecular weight is 320 g/mol. The van der Waals surface area contributed by atoms with Gasteiger partial charge in [0.25, 0.3) is 0 Å². The van der Waals surface area contributed by atoms with Gasteiger partial charge in [-0.3, -0.25) is 9.59 Å². The van der Waals surface area contributed by atoms with Gasteiger partial charge in [0.2, 0.25) is 11.8 Å². The largest absolute Gasteiger partial charge is 0.375 e. The molecule has 1 aromatic rings. The Morgan fingerprint density at radius 1 is 1.32 bits per heavy atom. The molecule has 1 saturated carbocycles. The Hall–Kier alpha value is -1.40. The first-order valence-corrected chi connectivity index (χ1v) is 8.85. The third kappa shape index (κ3) is 2.65. The van der Waals surface area contributed by atoms with Crippen LogP contribution in [-0.2, 0) is 20.7 Å². The van der Waals surface area contributed by atoms with E-state index in [9.17, 15) is 9.59 Å². The van der Waals surface area contributed by atoms with Crippen molar-refractivity contribution in [2.24, 2.45) is 5.92 Å². The lowest BCUT2D eigenvalue weighted by Gasteiger charge is -2.36. The Bertz CT molecular complexity index is 570. The molecular weight excluding hydrogens is 300 g/mol. The second-order valence-electron chi connectivity index (χ2n) is 6.42. The molecule has 1 aliphatic carbocycles. The van der Waals surface area contributed by atoms with Gasteiger partial charge in [0.15, 0.2) is 0 Å². The maximum atomic E-state index is 12.6. The number of thiophene rings is 1. The van der Waals surface area contributed by atoms with Gasteiger partial charge in [-0.05, 0) is 36.6 Å². The van der Waals surface area contributed by atoms with Crippen LogP contribution in [0.4, 0.5) is 0 Å². The van der Waals surface area contributed by atoms with Crippen molar-refractivity contribution in [3.8, 4) is 0 Å². The van der Waals surface area contributed by atoms with Crippen molar-refractivity contribution < 1.29 is 14.3 Å². The van der Waals surface area contributed by atoms with Crippen LogP contribution in [0.1, 0.15) is 24.1 Å². The lowest BCUT2D eigenvalue weighted by atomic mass is 10.0. The monoisotopic (exact) mass is 320 g/mol. The number of piperazine rings is 1. The number of carbonyl (C=O) groups is 2. The molecule has 4 rings (SSSR count). The van der Waals surface area contributed by atoms with Crippen LogP contribution in [0.25, 0.3) is 0 Å². The number of hydrogen-bond acceptors (Lipinski definition) is 4.